The summed E-state index contributed by atoms with van der Waals surface area (Å²) in [4.78, 5) is 20.6. The van der Waals surface area contributed by atoms with Gasteiger partial charge in [0, 0.05) is 4.90 Å². The lowest BCUT2D eigenvalue weighted by molar-refractivity contribution is -0.117. The number of amides is 1. The van der Waals surface area contributed by atoms with Gasteiger partial charge in [0.1, 0.15) is 5.01 Å². The van der Waals surface area contributed by atoms with Crippen LogP contribution in [0.15, 0.2) is 53.4 Å². The third-order valence-electron chi connectivity index (χ3n) is 4.76. The van der Waals surface area contributed by atoms with Crippen LogP contribution in [0.1, 0.15) is 23.9 Å². The number of nitrogens with one attached hydrogen (secondary N) is 1. The first-order chi connectivity index (χ1) is 13.7. The zero-order valence-corrected chi connectivity index (χ0v) is 16.9. The molecule has 1 fully saturated rings. The number of para-hydroxylation sites is 2. The Morgan fingerprint density at radius 3 is 2.96 bits per heavy atom. The minimum atomic E-state index is -0.0296. The minimum absolute atomic E-state index is 0.0296. The molecule has 28 heavy (non-hydrogen) atoms. The predicted molar refractivity (Wildman–Crippen MR) is 115 cm³/mol. The molecule has 1 saturated heterocycles. The molecule has 1 atom stereocenters. The molecule has 1 aliphatic heterocycles. The average molecular weight is 409 g/mol. The summed E-state index contributed by atoms with van der Waals surface area (Å²) in [5.74, 6) is 0.330. The molecule has 1 amide bonds. The van der Waals surface area contributed by atoms with Gasteiger partial charge >= 0.3 is 0 Å². The van der Waals surface area contributed by atoms with Crippen LogP contribution in [-0.2, 0) is 4.79 Å². The van der Waals surface area contributed by atoms with Crippen LogP contribution in [0, 0.1) is 11.3 Å². The van der Waals surface area contributed by atoms with Crippen molar-refractivity contribution in [1.29, 1.82) is 5.26 Å². The normalized spacial score (nSPS) is 16.9. The zero-order valence-electron chi connectivity index (χ0n) is 15.3. The standard InChI is InChI=1S/C21H20N4OS2/c22-11-13-27-18-9-3-1-6-15(18)23-20(26)14-25-12-5-8-17(25)21-24-16-7-2-4-10-19(16)28-21/h1-4,6-7,9-10,17H,5,8,12-14H2,(H,23,26). The molecule has 2 aromatic carbocycles. The molecule has 142 valence electrons. The fourth-order valence-electron chi connectivity index (χ4n) is 3.51. The second-order valence-corrected chi connectivity index (χ2v) is 8.72. The summed E-state index contributed by atoms with van der Waals surface area (Å²) in [5, 5.41) is 12.9. The van der Waals surface area contributed by atoms with Crippen molar-refractivity contribution in [1.82, 2.24) is 9.88 Å². The van der Waals surface area contributed by atoms with Gasteiger partial charge in [-0.05, 0) is 43.7 Å². The van der Waals surface area contributed by atoms with E-state index in [2.05, 4.69) is 22.4 Å². The number of carbonyl (C=O) groups excluding carboxylic acids is 1. The smallest absolute Gasteiger partial charge is 0.238 e. The molecule has 7 heteroatoms. The van der Waals surface area contributed by atoms with Crippen molar-refractivity contribution in [2.24, 2.45) is 0 Å². The van der Waals surface area contributed by atoms with Crippen LogP contribution in [0.3, 0.4) is 0 Å². The molecule has 0 aliphatic carbocycles. The van der Waals surface area contributed by atoms with Gasteiger partial charge in [-0.25, -0.2) is 4.98 Å². The van der Waals surface area contributed by atoms with Gasteiger partial charge in [-0.1, -0.05) is 24.3 Å². The van der Waals surface area contributed by atoms with Gasteiger partial charge in [-0.3, -0.25) is 9.69 Å². The van der Waals surface area contributed by atoms with Crippen LogP contribution in [-0.4, -0.2) is 34.6 Å². The number of likely N-dealkylation sites (tertiary alicyclic amines) is 1. The van der Waals surface area contributed by atoms with E-state index < -0.39 is 0 Å². The monoisotopic (exact) mass is 408 g/mol. The Balaban J connectivity index is 1.45. The second kappa shape index (κ2) is 8.74. The Bertz CT molecular complexity index is 993. The molecular formula is C21H20N4OS2. The summed E-state index contributed by atoms with van der Waals surface area (Å²) >= 11 is 3.16. The molecule has 1 unspecified atom stereocenters. The molecule has 2 heterocycles. The predicted octanol–water partition coefficient (Wildman–Crippen LogP) is 4.69. The number of anilines is 1. The fraction of sp³-hybridized carbons (Fsp3) is 0.286. The van der Waals surface area contributed by atoms with Crippen LogP contribution in [0.25, 0.3) is 10.2 Å². The van der Waals surface area contributed by atoms with E-state index in [1.54, 1.807) is 11.3 Å². The van der Waals surface area contributed by atoms with E-state index in [-0.39, 0.29) is 11.9 Å². The van der Waals surface area contributed by atoms with Crippen LogP contribution >= 0.6 is 23.1 Å². The molecule has 0 saturated carbocycles. The summed E-state index contributed by atoms with van der Waals surface area (Å²) < 4.78 is 1.19. The van der Waals surface area contributed by atoms with Crippen LogP contribution in [0.4, 0.5) is 5.69 Å². The molecule has 3 aromatic rings. The number of rotatable bonds is 6. The van der Waals surface area contributed by atoms with E-state index in [0.29, 0.717) is 12.3 Å². The van der Waals surface area contributed by atoms with E-state index >= 15 is 0 Å². The summed E-state index contributed by atoms with van der Waals surface area (Å²) in [6.07, 6.45) is 2.10. The van der Waals surface area contributed by atoms with E-state index in [1.165, 1.54) is 16.5 Å². The van der Waals surface area contributed by atoms with Crippen LogP contribution < -0.4 is 5.32 Å². The number of nitriles is 1. The van der Waals surface area contributed by atoms with Crippen LogP contribution in [0.5, 0.6) is 0 Å². The molecule has 0 spiro atoms. The SMILES string of the molecule is N#CCSc1ccccc1NC(=O)CN1CCCC1c1nc2ccccc2s1. The van der Waals surface area contributed by atoms with Gasteiger partial charge in [0.25, 0.3) is 0 Å². The highest BCUT2D eigenvalue weighted by molar-refractivity contribution is 7.99. The highest BCUT2D eigenvalue weighted by Crippen LogP contribution is 2.36. The lowest BCUT2D eigenvalue weighted by atomic mass is 10.2. The number of carbonyl (C=O) groups is 1. The lowest BCUT2D eigenvalue weighted by Crippen LogP contribution is -2.33. The number of hydrogen-bond acceptors (Lipinski definition) is 6. The van der Waals surface area contributed by atoms with Crippen molar-refractivity contribution >= 4 is 44.9 Å². The van der Waals surface area contributed by atoms with Gasteiger partial charge in [0.15, 0.2) is 0 Å². The highest BCUT2D eigenvalue weighted by atomic mass is 32.2. The number of hydrogen-bond donors (Lipinski definition) is 1. The first-order valence-corrected chi connectivity index (χ1v) is 11.0. The molecule has 5 nitrogen and oxygen atoms in total. The van der Waals surface area contributed by atoms with Crippen LogP contribution in [0.2, 0.25) is 0 Å². The zero-order chi connectivity index (χ0) is 19.3. The summed E-state index contributed by atoms with van der Waals surface area (Å²) in [7, 11) is 0. The average Bonchev–Trinajstić information content (AvgIpc) is 3.33. The van der Waals surface area contributed by atoms with Crippen molar-refractivity contribution in [2.75, 3.05) is 24.2 Å². The van der Waals surface area contributed by atoms with E-state index in [0.717, 1.165) is 40.5 Å². The fourth-order valence-corrected chi connectivity index (χ4v) is 5.31. The van der Waals surface area contributed by atoms with Gasteiger partial charge in [-0.15, -0.1) is 23.1 Å². The van der Waals surface area contributed by atoms with E-state index in [9.17, 15) is 4.79 Å². The molecule has 1 N–H and O–H groups in total. The molecular weight excluding hydrogens is 388 g/mol. The van der Waals surface area contributed by atoms with Crippen molar-refractivity contribution < 1.29 is 4.79 Å². The van der Waals surface area contributed by atoms with Gasteiger partial charge in [-0.2, -0.15) is 5.26 Å². The van der Waals surface area contributed by atoms with Crippen molar-refractivity contribution in [3.63, 3.8) is 0 Å². The molecule has 4 rings (SSSR count). The molecule has 1 aromatic heterocycles. The van der Waals surface area contributed by atoms with Gasteiger partial charge in [0.2, 0.25) is 5.91 Å². The number of nitrogens with zero attached hydrogens (tertiary/aromatic N) is 3. The number of benzene rings is 2. The van der Waals surface area contributed by atoms with Gasteiger partial charge in [0.05, 0.1) is 40.3 Å². The van der Waals surface area contributed by atoms with Crippen molar-refractivity contribution in [3.8, 4) is 6.07 Å². The third-order valence-corrected chi connectivity index (χ3v) is 6.84. The summed E-state index contributed by atoms with van der Waals surface area (Å²) in [6.45, 7) is 1.25. The first-order valence-electron chi connectivity index (χ1n) is 9.23. The molecule has 0 radical (unpaired) electrons. The molecule has 0 bridgehead atoms. The quantitative estimate of drug-likeness (QED) is 0.600. The number of thiazole rings is 1. The Morgan fingerprint density at radius 2 is 2.11 bits per heavy atom. The molecule has 1 aliphatic rings. The van der Waals surface area contributed by atoms with Gasteiger partial charge < -0.3 is 5.32 Å². The Morgan fingerprint density at radius 1 is 1.29 bits per heavy atom. The number of thioether (sulfide) groups is 1. The summed E-state index contributed by atoms with van der Waals surface area (Å²) in [6, 6.07) is 18.1. The first kappa shape index (κ1) is 18.9. The minimum Gasteiger partial charge on any atom is -0.324 e. The largest absolute Gasteiger partial charge is 0.324 e. The van der Waals surface area contributed by atoms with Crippen molar-refractivity contribution in [3.05, 3.63) is 53.5 Å². The lowest BCUT2D eigenvalue weighted by Gasteiger charge is -2.22. The maximum absolute atomic E-state index is 12.7. The van der Waals surface area contributed by atoms with Crippen molar-refractivity contribution in [2.45, 2.75) is 23.8 Å². The number of fused-ring (bicyclic) bond motifs is 1. The maximum Gasteiger partial charge on any atom is 0.238 e. The topological polar surface area (TPSA) is 69.0 Å². The summed E-state index contributed by atoms with van der Waals surface area (Å²) in [5.41, 5.74) is 1.80. The Labute approximate surface area is 172 Å². The second-order valence-electron chi connectivity index (χ2n) is 6.64. The Kier molecular flexibility index (Phi) is 5.91. The van der Waals surface area contributed by atoms with E-state index in [1.807, 2.05) is 42.5 Å². The maximum atomic E-state index is 12.7. The van der Waals surface area contributed by atoms with E-state index in [4.69, 9.17) is 10.2 Å². The Hall–Kier alpha value is -2.40. The third kappa shape index (κ3) is 4.20. The number of aromatic nitrogens is 1. The highest BCUT2D eigenvalue weighted by Gasteiger charge is 2.30.